The van der Waals surface area contributed by atoms with E-state index in [1.807, 2.05) is 36.4 Å². The molecule has 0 aliphatic rings. The van der Waals surface area contributed by atoms with Crippen molar-refractivity contribution in [1.29, 1.82) is 0 Å². The molecule has 1 heterocycles. The van der Waals surface area contributed by atoms with E-state index in [2.05, 4.69) is 15.9 Å². The molecular weight excluding hydrogens is 251 g/mol. The summed E-state index contributed by atoms with van der Waals surface area (Å²) in [5.41, 5.74) is 2.50. The minimum atomic E-state index is 0.751. The van der Waals surface area contributed by atoms with Crippen LogP contribution in [0.5, 0.6) is 0 Å². The van der Waals surface area contributed by atoms with Gasteiger partial charge in [0.25, 0.3) is 0 Å². The van der Waals surface area contributed by atoms with Crippen LogP contribution in [-0.2, 0) is 0 Å². The van der Waals surface area contributed by atoms with Gasteiger partial charge in [-0.15, -0.1) is 0 Å². The topological polar surface area (TPSA) is 13.1 Å². The summed E-state index contributed by atoms with van der Waals surface area (Å²) < 4.78 is 6.73. The van der Waals surface area contributed by atoms with Crippen LogP contribution in [0.25, 0.3) is 21.9 Å². The van der Waals surface area contributed by atoms with E-state index in [4.69, 9.17) is 12.3 Å². The highest BCUT2D eigenvalue weighted by molar-refractivity contribution is 9.10. The van der Waals surface area contributed by atoms with Gasteiger partial charge in [0.15, 0.2) is 0 Å². The first kappa shape index (κ1) is 9.04. The molecule has 1 nitrogen and oxygen atoms in total. The van der Waals surface area contributed by atoms with E-state index in [-0.39, 0.29) is 0 Å². The van der Waals surface area contributed by atoms with Crippen LogP contribution in [-0.4, -0.2) is 7.85 Å². The van der Waals surface area contributed by atoms with Gasteiger partial charge in [0.1, 0.15) is 19.0 Å². The molecule has 0 aliphatic carbocycles. The molecule has 2 radical (unpaired) electrons. The van der Waals surface area contributed by atoms with Crippen molar-refractivity contribution in [3.63, 3.8) is 0 Å². The Morgan fingerprint density at radius 2 is 1.93 bits per heavy atom. The first-order valence-electron chi connectivity index (χ1n) is 4.62. The van der Waals surface area contributed by atoms with Crippen molar-refractivity contribution in [2.45, 2.75) is 0 Å². The Kier molecular flexibility index (Phi) is 1.89. The van der Waals surface area contributed by atoms with E-state index in [0.29, 0.717) is 0 Å². The molecule has 0 unspecified atom stereocenters. The van der Waals surface area contributed by atoms with Crippen LogP contribution >= 0.6 is 15.9 Å². The highest BCUT2D eigenvalue weighted by Gasteiger charge is 2.08. The van der Waals surface area contributed by atoms with Crippen LogP contribution in [0.1, 0.15) is 0 Å². The van der Waals surface area contributed by atoms with Gasteiger partial charge >= 0.3 is 0 Å². The third-order valence-electron chi connectivity index (χ3n) is 2.47. The summed E-state index contributed by atoms with van der Waals surface area (Å²) in [6, 6.07) is 11.6. The van der Waals surface area contributed by atoms with Gasteiger partial charge in [0, 0.05) is 15.2 Å². The van der Waals surface area contributed by atoms with Crippen LogP contribution in [0.2, 0.25) is 0 Å². The summed E-state index contributed by atoms with van der Waals surface area (Å²) in [5.74, 6) is 0. The lowest BCUT2D eigenvalue weighted by molar-refractivity contribution is 0.669. The molecule has 70 valence electrons. The molecule has 3 aromatic rings. The van der Waals surface area contributed by atoms with Crippen molar-refractivity contribution in [3.8, 4) is 0 Å². The van der Waals surface area contributed by atoms with Crippen LogP contribution in [0, 0.1) is 0 Å². The second-order valence-electron chi connectivity index (χ2n) is 3.47. The fourth-order valence-corrected chi connectivity index (χ4v) is 2.36. The number of benzene rings is 2. The molecule has 0 spiro atoms. The van der Waals surface area contributed by atoms with Crippen molar-refractivity contribution in [2.24, 2.45) is 0 Å². The molecular formula is C12H6BBrO. The number of halogens is 1. The van der Waals surface area contributed by atoms with Crippen molar-refractivity contribution >= 4 is 51.2 Å². The van der Waals surface area contributed by atoms with E-state index in [0.717, 1.165) is 31.9 Å². The minimum Gasteiger partial charge on any atom is -0.456 e. The van der Waals surface area contributed by atoms with Crippen molar-refractivity contribution in [1.82, 2.24) is 0 Å². The monoisotopic (exact) mass is 256 g/mol. The highest BCUT2D eigenvalue weighted by Crippen LogP contribution is 2.33. The first-order valence-corrected chi connectivity index (χ1v) is 5.41. The average Bonchev–Trinajstić information content (AvgIpc) is 2.57. The maximum absolute atomic E-state index is 5.77. The minimum absolute atomic E-state index is 0.751. The number of hydrogen-bond acceptors (Lipinski definition) is 1. The van der Waals surface area contributed by atoms with Crippen LogP contribution in [0.3, 0.4) is 0 Å². The van der Waals surface area contributed by atoms with E-state index < -0.39 is 0 Å². The van der Waals surface area contributed by atoms with Crippen LogP contribution in [0.15, 0.2) is 45.3 Å². The molecule has 3 rings (SSSR count). The second kappa shape index (κ2) is 3.14. The van der Waals surface area contributed by atoms with Gasteiger partial charge in [0.2, 0.25) is 0 Å². The van der Waals surface area contributed by atoms with Crippen molar-refractivity contribution < 1.29 is 4.42 Å². The third-order valence-corrected chi connectivity index (χ3v) is 3.13. The lowest BCUT2D eigenvalue weighted by Crippen LogP contribution is -1.98. The summed E-state index contributed by atoms with van der Waals surface area (Å²) in [4.78, 5) is 0. The number of fused-ring (bicyclic) bond motifs is 3. The number of rotatable bonds is 0. The summed E-state index contributed by atoms with van der Waals surface area (Å²) in [5, 5.41) is 2.14. The molecule has 0 fully saturated rings. The highest BCUT2D eigenvalue weighted by atomic mass is 79.9. The second-order valence-corrected chi connectivity index (χ2v) is 4.32. The Balaban J connectivity index is 2.61. The summed E-state index contributed by atoms with van der Waals surface area (Å²) in [6.07, 6.45) is 0. The molecule has 1 aromatic heterocycles. The lowest BCUT2D eigenvalue weighted by Gasteiger charge is -1.94. The molecule has 0 saturated carbocycles. The zero-order valence-corrected chi connectivity index (χ0v) is 9.41. The molecule has 2 aromatic carbocycles. The normalized spacial score (nSPS) is 11.3. The Bertz CT molecular complexity index is 657. The third kappa shape index (κ3) is 1.30. The van der Waals surface area contributed by atoms with Crippen LogP contribution in [0.4, 0.5) is 0 Å². The zero-order valence-electron chi connectivity index (χ0n) is 7.83. The van der Waals surface area contributed by atoms with Gasteiger partial charge in [-0.1, -0.05) is 39.6 Å². The molecule has 0 aliphatic heterocycles. The number of furan rings is 1. The van der Waals surface area contributed by atoms with E-state index in [9.17, 15) is 0 Å². The lowest BCUT2D eigenvalue weighted by atomic mass is 9.94. The molecule has 0 amide bonds. The maximum atomic E-state index is 5.77. The molecule has 0 atom stereocenters. The Morgan fingerprint density at radius 1 is 1.07 bits per heavy atom. The van der Waals surface area contributed by atoms with Gasteiger partial charge in [-0.25, -0.2) is 0 Å². The standard InChI is InChI=1S/C12H6BBrO/c13-7-4-5-10-8(6-7)12-9(14)2-1-3-11(12)15-10/h1-6H. The quantitative estimate of drug-likeness (QED) is 0.564. The van der Waals surface area contributed by atoms with Crippen molar-refractivity contribution in [3.05, 3.63) is 40.9 Å². The van der Waals surface area contributed by atoms with Crippen LogP contribution < -0.4 is 5.46 Å². The Labute approximate surface area is 96.6 Å². The predicted molar refractivity (Wildman–Crippen MR) is 66.8 cm³/mol. The van der Waals surface area contributed by atoms with E-state index in [1.165, 1.54) is 0 Å². The Morgan fingerprint density at radius 3 is 2.80 bits per heavy atom. The van der Waals surface area contributed by atoms with Gasteiger partial charge in [-0.2, -0.15) is 0 Å². The average molecular weight is 257 g/mol. The largest absolute Gasteiger partial charge is 0.456 e. The Hall–Kier alpha value is -1.22. The fourth-order valence-electron chi connectivity index (χ4n) is 1.80. The predicted octanol–water partition coefficient (Wildman–Crippen LogP) is 3.14. The van der Waals surface area contributed by atoms with Gasteiger partial charge in [-0.05, 0) is 18.2 Å². The van der Waals surface area contributed by atoms with Gasteiger partial charge in [-0.3, -0.25) is 0 Å². The van der Waals surface area contributed by atoms with E-state index in [1.54, 1.807) is 0 Å². The summed E-state index contributed by atoms with van der Waals surface area (Å²) >= 11 is 3.52. The zero-order chi connectivity index (χ0) is 10.4. The van der Waals surface area contributed by atoms with Gasteiger partial charge in [0.05, 0.1) is 0 Å². The molecule has 3 heteroatoms. The first-order chi connectivity index (χ1) is 7.25. The molecule has 0 saturated heterocycles. The van der Waals surface area contributed by atoms with Gasteiger partial charge < -0.3 is 4.42 Å². The van der Waals surface area contributed by atoms with Crippen molar-refractivity contribution in [2.75, 3.05) is 0 Å². The molecule has 0 bridgehead atoms. The summed E-state index contributed by atoms with van der Waals surface area (Å²) in [6.45, 7) is 0. The number of hydrogen-bond donors (Lipinski definition) is 0. The summed E-state index contributed by atoms with van der Waals surface area (Å²) in [7, 11) is 5.77. The SMILES string of the molecule is [B]c1ccc2oc3cccc(Br)c3c2c1. The van der Waals surface area contributed by atoms with E-state index >= 15 is 0 Å². The smallest absolute Gasteiger partial charge is 0.136 e. The fraction of sp³-hybridized carbons (Fsp3) is 0. The molecule has 15 heavy (non-hydrogen) atoms. The maximum Gasteiger partial charge on any atom is 0.136 e. The molecule has 0 N–H and O–H groups in total.